The van der Waals surface area contributed by atoms with Crippen LogP contribution in [0.25, 0.3) is 0 Å². The Labute approximate surface area is 222 Å². The van der Waals surface area contributed by atoms with E-state index in [-0.39, 0.29) is 35.5 Å². The fourth-order valence-electron chi connectivity index (χ4n) is 6.53. The molecule has 2 bridgehead atoms. The van der Waals surface area contributed by atoms with Gasteiger partial charge < -0.3 is 20.6 Å². The standard InChI is InChI=1S/C29H35N3O4S/c1-18(2)15-21(17-33)32-25(27(35)30-16-19-9-5-3-6-10-19)29-14-13-22(37-29)23(24(29)28(32)36)26(34)31-20-11-7-4-8-12-20/h3-12,18,21-25,33H,13-17H2,1-2H3,(H,30,35)(H,31,34)/t21-,22+,23-,24+,25?,29?/m1/s1. The Bertz CT molecular complexity index is 1140. The smallest absolute Gasteiger partial charge is 0.244 e. The minimum atomic E-state index is -0.728. The normalized spacial score (nSPS) is 28.9. The quantitative estimate of drug-likeness (QED) is 0.470. The maximum Gasteiger partial charge on any atom is 0.244 e. The summed E-state index contributed by atoms with van der Waals surface area (Å²) in [6.45, 7) is 4.23. The molecule has 2 aromatic rings. The van der Waals surface area contributed by atoms with Crippen LogP contribution in [-0.2, 0) is 20.9 Å². The lowest BCUT2D eigenvalue weighted by atomic mass is 9.70. The molecule has 6 atom stereocenters. The first-order valence-corrected chi connectivity index (χ1v) is 14.0. The van der Waals surface area contributed by atoms with Crippen molar-refractivity contribution in [2.75, 3.05) is 11.9 Å². The molecule has 0 radical (unpaired) electrons. The molecule has 0 saturated carbocycles. The van der Waals surface area contributed by atoms with Crippen molar-refractivity contribution in [2.24, 2.45) is 17.8 Å². The van der Waals surface area contributed by atoms with Gasteiger partial charge in [0.25, 0.3) is 0 Å². The maximum atomic E-state index is 14.2. The summed E-state index contributed by atoms with van der Waals surface area (Å²) in [7, 11) is 0. The van der Waals surface area contributed by atoms with Gasteiger partial charge in [0.1, 0.15) is 6.04 Å². The molecule has 2 unspecified atom stereocenters. The monoisotopic (exact) mass is 521 g/mol. The molecule has 2 aromatic carbocycles. The second kappa shape index (κ2) is 10.5. The van der Waals surface area contributed by atoms with Gasteiger partial charge in [-0.2, -0.15) is 0 Å². The van der Waals surface area contributed by atoms with E-state index in [4.69, 9.17) is 0 Å². The molecule has 0 aliphatic carbocycles. The summed E-state index contributed by atoms with van der Waals surface area (Å²) in [5.41, 5.74) is 1.67. The van der Waals surface area contributed by atoms with Crippen LogP contribution in [0.15, 0.2) is 60.7 Å². The number of hydrogen-bond acceptors (Lipinski definition) is 5. The van der Waals surface area contributed by atoms with Gasteiger partial charge >= 0.3 is 0 Å². The Morgan fingerprint density at radius 2 is 1.76 bits per heavy atom. The van der Waals surface area contributed by atoms with Crippen LogP contribution in [0.5, 0.6) is 0 Å². The number of nitrogens with zero attached hydrogens (tertiary/aromatic N) is 1. The van der Waals surface area contributed by atoms with Crippen molar-refractivity contribution in [3.8, 4) is 0 Å². The largest absolute Gasteiger partial charge is 0.394 e. The van der Waals surface area contributed by atoms with Crippen molar-refractivity contribution in [3.05, 3.63) is 66.2 Å². The molecule has 3 heterocycles. The van der Waals surface area contributed by atoms with E-state index in [9.17, 15) is 19.5 Å². The van der Waals surface area contributed by atoms with Gasteiger partial charge in [0.05, 0.1) is 29.2 Å². The van der Waals surface area contributed by atoms with Gasteiger partial charge in [-0.15, -0.1) is 11.8 Å². The first-order chi connectivity index (χ1) is 17.9. The van der Waals surface area contributed by atoms with E-state index in [0.717, 1.165) is 12.0 Å². The molecule has 1 spiro atoms. The second-order valence-electron chi connectivity index (χ2n) is 10.8. The van der Waals surface area contributed by atoms with E-state index < -0.39 is 28.7 Å². The highest BCUT2D eigenvalue weighted by atomic mass is 32.2. The molecule has 7 nitrogen and oxygen atoms in total. The fourth-order valence-corrected chi connectivity index (χ4v) is 8.74. The number of likely N-dealkylation sites (tertiary alicyclic amines) is 1. The number of fused-ring (bicyclic) bond motifs is 1. The van der Waals surface area contributed by atoms with Crippen molar-refractivity contribution < 1.29 is 19.5 Å². The lowest BCUT2D eigenvalue weighted by molar-refractivity contribution is -0.142. The molecule has 37 heavy (non-hydrogen) atoms. The SMILES string of the molecule is CC(C)C[C@H](CO)N1C(=O)[C@@H]2[C@H](C(=O)Nc3ccccc3)[C@@H]3CCC2(S3)C1C(=O)NCc1ccccc1. The van der Waals surface area contributed by atoms with Crippen molar-refractivity contribution in [1.29, 1.82) is 0 Å². The van der Waals surface area contributed by atoms with Crippen LogP contribution in [0.1, 0.15) is 38.7 Å². The van der Waals surface area contributed by atoms with Crippen LogP contribution < -0.4 is 10.6 Å². The van der Waals surface area contributed by atoms with E-state index in [1.165, 1.54) is 0 Å². The number of carbonyl (C=O) groups is 3. The molecule has 3 fully saturated rings. The zero-order valence-electron chi connectivity index (χ0n) is 21.3. The van der Waals surface area contributed by atoms with Gasteiger partial charge in [-0.05, 0) is 42.9 Å². The number of amides is 3. The molecule has 3 aliphatic rings. The molecule has 3 amide bonds. The van der Waals surface area contributed by atoms with Crippen LogP contribution in [0.3, 0.4) is 0 Å². The second-order valence-corrected chi connectivity index (χ2v) is 12.4. The molecule has 3 N–H and O–H groups in total. The summed E-state index contributed by atoms with van der Waals surface area (Å²) in [4.78, 5) is 43.2. The number of aliphatic hydroxyl groups is 1. The number of benzene rings is 2. The summed E-state index contributed by atoms with van der Waals surface area (Å²) in [6, 6.07) is 17.8. The summed E-state index contributed by atoms with van der Waals surface area (Å²) in [5.74, 6) is -1.43. The predicted molar refractivity (Wildman–Crippen MR) is 145 cm³/mol. The van der Waals surface area contributed by atoms with Gasteiger partial charge in [-0.1, -0.05) is 62.4 Å². The topological polar surface area (TPSA) is 98.7 Å². The predicted octanol–water partition coefficient (Wildman–Crippen LogP) is 3.44. The summed E-state index contributed by atoms with van der Waals surface area (Å²) >= 11 is 1.64. The molecule has 5 rings (SSSR count). The van der Waals surface area contributed by atoms with Crippen molar-refractivity contribution in [3.63, 3.8) is 0 Å². The highest BCUT2D eigenvalue weighted by Crippen LogP contribution is 2.66. The zero-order chi connectivity index (χ0) is 26.2. The highest BCUT2D eigenvalue weighted by Gasteiger charge is 2.74. The summed E-state index contributed by atoms with van der Waals surface area (Å²) in [6.07, 6.45) is 2.07. The number of carbonyl (C=O) groups excluding carboxylic acids is 3. The van der Waals surface area contributed by atoms with Gasteiger partial charge in [0.15, 0.2) is 0 Å². The van der Waals surface area contributed by atoms with Crippen LogP contribution in [-0.4, -0.2) is 56.4 Å². The average molecular weight is 522 g/mol. The van der Waals surface area contributed by atoms with Gasteiger partial charge in [0, 0.05) is 17.5 Å². The number of anilines is 1. The lowest BCUT2D eigenvalue weighted by Gasteiger charge is -2.37. The van der Waals surface area contributed by atoms with Crippen LogP contribution in [0, 0.1) is 17.8 Å². The number of para-hydroxylation sites is 1. The number of rotatable bonds is 9. The van der Waals surface area contributed by atoms with Gasteiger partial charge in [-0.3, -0.25) is 14.4 Å². The minimum absolute atomic E-state index is 0.0121. The van der Waals surface area contributed by atoms with Gasteiger partial charge in [0.2, 0.25) is 17.7 Å². The summed E-state index contributed by atoms with van der Waals surface area (Å²) < 4.78 is -0.675. The number of nitrogens with one attached hydrogen (secondary N) is 2. The van der Waals surface area contributed by atoms with Gasteiger partial charge in [-0.25, -0.2) is 0 Å². The third-order valence-electron chi connectivity index (χ3n) is 7.99. The zero-order valence-corrected chi connectivity index (χ0v) is 22.1. The van der Waals surface area contributed by atoms with Crippen LogP contribution in [0.4, 0.5) is 5.69 Å². The molecule has 0 aromatic heterocycles. The Morgan fingerprint density at radius 1 is 1.08 bits per heavy atom. The minimum Gasteiger partial charge on any atom is -0.394 e. The fraction of sp³-hybridized carbons (Fsp3) is 0.483. The van der Waals surface area contributed by atoms with E-state index in [1.807, 2.05) is 74.5 Å². The van der Waals surface area contributed by atoms with E-state index in [0.29, 0.717) is 25.1 Å². The molecule has 196 valence electrons. The molecule has 3 saturated heterocycles. The first kappa shape index (κ1) is 25.8. The highest BCUT2D eigenvalue weighted by molar-refractivity contribution is 8.02. The third kappa shape index (κ3) is 4.66. The first-order valence-electron chi connectivity index (χ1n) is 13.1. The third-order valence-corrected chi connectivity index (χ3v) is 9.94. The Balaban J connectivity index is 1.47. The molecular formula is C29H35N3O4S. The number of thioether (sulfide) groups is 1. The van der Waals surface area contributed by atoms with E-state index in [1.54, 1.807) is 16.7 Å². The van der Waals surface area contributed by atoms with Crippen molar-refractivity contribution in [2.45, 2.75) is 61.7 Å². The van der Waals surface area contributed by atoms with E-state index in [2.05, 4.69) is 10.6 Å². The summed E-state index contributed by atoms with van der Waals surface area (Å²) in [5, 5.41) is 16.4. The Morgan fingerprint density at radius 3 is 2.41 bits per heavy atom. The lowest BCUT2D eigenvalue weighted by Crippen LogP contribution is -2.56. The van der Waals surface area contributed by atoms with Crippen LogP contribution in [0.2, 0.25) is 0 Å². The average Bonchev–Trinajstić information content (AvgIpc) is 3.54. The number of aliphatic hydroxyl groups excluding tert-OH is 1. The number of hydrogen-bond donors (Lipinski definition) is 3. The maximum absolute atomic E-state index is 14.2. The van der Waals surface area contributed by atoms with Crippen LogP contribution >= 0.6 is 11.8 Å². The van der Waals surface area contributed by atoms with Crippen molar-refractivity contribution in [1.82, 2.24) is 10.2 Å². The molecule has 3 aliphatic heterocycles. The Kier molecular flexibility index (Phi) is 7.32. The van der Waals surface area contributed by atoms with Crippen molar-refractivity contribution >= 4 is 35.2 Å². The Hall–Kier alpha value is -2.84. The molecular weight excluding hydrogens is 486 g/mol. The van der Waals surface area contributed by atoms with E-state index >= 15 is 0 Å². The molecule has 8 heteroatoms.